The molecule has 1 N–H and O–H groups in total. The van der Waals surface area contributed by atoms with E-state index in [9.17, 15) is 19.5 Å². The van der Waals surface area contributed by atoms with Crippen LogP contribution in [0.25, 0.3) is 0 Å². The average Bonchev–Trinajstić information content (AvgIpc) is 3.57. The van der Waals surface area contributed by atoms with Gasteiger partial charge in [-0.05, 0) is 129 Å². The first-order valence-electron chi connectivity index (χ1n) is 20.6. The molecule has 1 aliphatic heterocycles. The highest BCUT2D eigenvalue weighted by Crippen LogP contribution is 2.75. The Morgan fingerprint density at radius 1 is 0.815 bits per heavy atom. The molecule has 1 saturated heterocycles. The van der Waals surface area contributed by atoms with E-state index in [1.54, 1.807) is 0 Å². The Bertz CT molecular complexity index is 1850. The van der Waals surface area contributed by atoms with Crippen LogP contribution in [0.2, 0.25) is 0 Å². The van der Waals surface area contributed by atoms with E-state index in [-0.39, 0.29) is 57.7 Å². The van der Waals surface area contributed by atoms with Crippen LogP contribution in [0.5, 0.6) is 0 Å². The summed E-state index contributed by atoms with van der Waals surface area (Å²) in [5.41, 5.74) is 0.0529. The molecule has 7 nitrogen and oxygen atoms in total. The predicted molar refractivity (Wildman–Crippen MR) is 207 cm³/mol. The van der Waals surface area contributed by atoms with Crippen LogP contribution in [0.1, 0.15) is 129 Å². The number of likely N-dealkylation sites (tertiary alicyclic amines) is 1. The van der Waals surface area contributed by atoms with Gasteiger partial charge in [-0.25, -0.2) is 0 Å². The van der Waals surface area contributed by atoms with E-state index >= 15 is 4.79 Å². The number of nitrogens with zero attached hydrogens (tertiary/aromatic N) is 1. The lowest BCUT2D eigenvalue weighted by atomic mass is 9.33. The van der Waals surface area contributed by atoms with E-state index in [2.05, 4.69) is 34.6 Å². The summed E-state index contributed by atoms with van der Waals surface area (Å²) < 4.78 is 6.53. The predicted octanol–water partition coefficient (Wildman–Crippen LogP) is 9.36. The van der Waals surface area contributed by atoms with Crippen LogP contribution in [0.15, 0.2) is 72.3 Å². The van der Waals surface area contributed by atoms with Gasteiger partial charge in [0.1, 0.15) is 0 Å². The smallest absolute Gasteiger partial charge is 0.312 e. The number of ether oxygens (including phenoxy) is 1. The summed E-state index contributed by atoms with van der Waals surface area (Å²) in [6, 6.07) is 19.6. The summed E-state index contributed by atoms with van der Waals surface area (Å²) in [5.74, 6) is -1.31. The Labute approximate surface area is 321 Å². The van der Waals surface area contributed by atoms with Gasteiger partial charge in [0, 0.05) is 24.9 Å². The lowest BCUT2D eigenvalue weighted by Crippen LogP contribution is -2.69. The molecule has 0 radical (unpaired) electrons. The van der Waals surface area contributed by atoms with E-state index in [0.29, 0.717) is 32.2 Å². The van der Waals surface area contributed by atoms with E-state index in [4.69, 9.17) is 4.74 Å². The molecule has 7 heteroatoms. The monoisotopic (exact) mass is 733 g/mol. The molecule has 288 valence electrons. The molecular formula is C47H59NO6. The van der Waals surface area contributed by atoms with Crippen LogP contribution < -0.4 is 0 Å². The molecule has 4 saturated carbocycles. The second kappa shape index (κ2) is 12.6. The van der Waals surface area contributed by atoms with Gasteiger partial charge in [0.15, 0.2) is 11.9 Å². The fourth-order valence-corrected chi connectivity index (χ4v) is 13.6. The number of allylic oxidation sites excluding steroid dienone is 2. The van der Waals surface area contributed by atoms with Crippen molar-refractivity contribution < 1.29 is 29.0 Å². The topological polar surface area (TPSA) is 101 Å². The van der Waals surface area contributed by atoms with Crippen molar-refractivity contribution in [3.63, 3.8) is 0 Å². The summed E-state index contributed by atoms with van der Waals surface area (Å²) in [4.78, 5) is 57.8. The number of aliphatic carboxylic acids is 1. The Kier molecular flexibility index (Phi) is 8.71. The highest BCUT2D eigenvalue weighted by Gasteiger charge is 2.72. The largest absolute Gasteiger partial charge is 0.481 e. The number of rotatable bonds is 6. The maximum Gasteiger partial charge on any atom is 0.312 e. The number of carbonyl (C=O) groups is 4. The summed E-state index contributed by atoms with van der Waals surface area (Å²) in [5, 5.41) is 11.0. The van der Waals surface area contributed by atoms with Crippen LogP contribution in [0.3, 0.4) is 0 Å². The van der Waals surface area contributed by atoms with Crippen molar-refractivity contribution in [3.8, 4) is 0 Å². The van der Waals surface area contributed by atoms with Crippen LogP contribution in [-0.4, -0.2) is 46.2 Å². The number of amides is 1. The second-order valence-electron chi connectivity index (χ2n) is 19.7. The Morgan fingerprint density at radius 2 is 1.44 bits per heavy atom. The molecule has 0 aromatic heterocycles. The van der Waals surface area contributed by atoms with Crippen molar-refractivity contribution in [1.82, 2.24) is 4.90 Å². The molecule has 1 amide bonds. The molecule has 2 aromatic carbocycles. The Balaban J connectivity index is 1.13. The zero-order valence-corrected chi connectivity index (χ0v) is 33.2. The quantitative estimate of drug-likeness (QED) is 0.297. The van der Waals surface area contributed by atoms with Crippen molar-refractivity contribution in [2.75, 3.05) is 6.54 Å². The second-order valence-corrected chi connectivity index (χ2v) is 19.7. The summed E-state index contributed by atoms with van der Waals surface area (Å²) in [6.07, 6.45) is 9.80. The molecular weight excluding hydrogens is 675 g/mol. The molecule has 0 spiro atoms. The number of ketones is 1. The van der Waals surface area contributed by atoms with Crippen LogP contribution in [0, 0.1) is 50.2 Å². The Hall–Kier alpha value is -3.74. The fraction of sp³-hybridized carbons (Fsp3) is 0.617. The maximum atomic E-state index is 15.0. The van der Waals surface area contributed by atoms with Gasteiger partial charge < -0.3 is 14.7 Å². The maximum absolute atomic E-state index is 15.0. The first-order chi connectivity index (χ1) is 25.5. The highest BCUT2D eigenvalue weighted by molar-refractivity contribution is 5.96. The summed E-state index contributed by atoms with van der Waals surface area (Å²) in [7, 11) is 0. The van der Waals surface area contributed by atoms with Gasteiger partial charge in [0.25, 0.3) is 0 Å². The molecule has 0 unspecified atom stereocenters. The number of carboxylic acids is 1. The van der Waals surface area contributed by atoms with Gasteiger partial charge in [-0.2, -0.15) is 0 Å². The minimum absolute atomic E-state index is 0.0316. The van der Waals surface area contributed by atoms with Gasteiger partial charge in [-0.15, -0.1) is 0 Å². The van der Waals surface area contributed by atoms with Gasteiger partial charge in [0.2, 0.25) is 5.91 Å². The van der Waals surface area contributed by atoms with Gasteiger partial charge >= 0.3 is 11.9 Å². The first kappa shape index (κ1) is 37.2. The van der Waals surface area contributed by atoms with Gasteiger partial charge in [-0.1, -0.05) is 93.9 Å². The number of fused-ring (bicyclic) bond motifs is 7. The zero-order chi connectivity index (χ0) is 38.5. The third-order valence-electron chi connectivity index (χ3n) is 17.1. The molecule has 6 aliphatic rings. The number of carboxylic acid groups (broad SMARTS) is 1. The molecule has 10 atom stereocenters. The number of carbonyl (C=O) groups excluding carboxylic acids is 3. The molecule has 2 aromatic rings. The van der Waals surface area contributed by atoms with E-state index < -0.39 is 28.3 Å². The summed E-state index contributed by atoms with van der Waals surface area (Å²) in [6.45, 7) is 13.9. The van der Waals surface area contributed by atoms with Gasteiger partial charge in [0.05, 0.1) is 10.8 Å². The minimum Gasteiger partial charge on any atom is -0.481 e. The van der Waals surface area contributed by atoms with Crippen molar-refractivity contribution in [1.29, 1.82) is 0 Å². The van der Waals surface area contributed by atoms with E-state index in [1.165, 1.54) is 5.57 Å². The average molecular weight is 734 g/mol. The zero-order valence-electron chi connectivity index (χ0n) is 33.2. The standard InChI is InChI=1S/C47H59NO6/c1-42-23-24-43(2,41(53)54-38(30-14-9-7-10-15-30)31-16-11-8-12-17-31)29-33(42)32-28-34(49)39-44(3)21-20-36(48-27-13-18-37(48)50)47(6,40(51)52)35(44)19-22-46(39,5)45(32,4)26-25-42/h7-12,14-17,28,33,35-36,38-39H,13,18-27,29H2,1-6H3,(H,51,52)/t33-,35+,36-,39+,42+,43-,44-,45+,46+,47-/m0/s1. The molecule has 54 heavy (non-hydrogen) atoms. The number of esters is 1. The number of hydrogen-bond donors (Lipinski definition) is 1. The molecule has 8 rings (SSSR count). The first-order valence-corrected chi connectivity index (χ1v) is 20.6. The lowest BCUT2D eigenvalue weighted by molar-refractivity contribution is -0.208. The number of hydrogen-bond acceptors (Lipinski definition) is 5. The molecule has 1 heterocycles. The normalized spacial score (nSPS) is 41.6. The van der Waals surface area contributed by atoms with Crippen LogP contribution in [0.4, 0.5) is 0 Å². The molecule has 5 fully saturated rings. The lowest BCUT2D eigenvalue weighted by Gasteiger charge is -2.70. The molecule has 0 bridgehead atoms. The SMILES string of the molecule is C[C@]1(C(=O)OC(c2ccccc2)c2ccccc2)CC[C@]2(C)CC[C@]3(C)C(=CC(=O)[C@@H]4[C@@]5(C)CC[C@H](N6CCCC6=O)[C@@](C)(C(=O)O)[C@@H]5CC[C@]43C)[C@@H]2C1. The Morgan fingerprint density at radius 3 is 2.04 bits per heavy atom. The third-order valence-corrected chi connectivity index (χ3v) is 17.1. The van der Waals surface area contributed by atoms with Crippen LogP contribution in [-0.2, 0) is 23.9 Å². The highest BCUT2D eigenvalue weighted by atomic mass is 16.5. The van der Waals surface area contributed by atoms with Crippen LogP contribution >= 0.6 is 0 Å². The van der Waals surface area contributed by atoms with Crippen molar-refractivity contribution in [2.45, 2.75) is 124 Å². The van der Waals surface area contributed by atoms with E-state index in [0.717, 1.165) is 56.1 Å². The molecule has 5 aliphatic carbocycles. The van der Waals surface area contributed by atoms with Crippen molar-refractivity contribution >= 4 is 23.6 Å². The minimum atomic E-state index is -1.13. The van der Waals surface area contributed by atoms with E-state index in [1.807, 2.05) is 78.6 Å². The number of benzene rings is 2. The van der Waals surface area contributed by atoms with Crippen molar-refractivity contribution in [2.24, 2.45) is 50.2 Å². The third kappa shape index (κ3) is 5.18. The van der Waals surface area contributed by atoms with Crippen molar-refractivity contribution in [3.05, 3.63) is 83.4 Å². The fourth-order valence-electron chi connectivity index (χ4n) is 13.6. The summed E-state index contributed by atoms with van der Waals surface area (Å²) >= 11 is 0. The van der Waals surface area contributed by atoms with Gasteiger partial charge in [-0.3, -0.25) is 19.2 Å².